The summed E-state index contributed by atoms with van der Waals surface area (Å²) >= 11 is 0. The van der Waals surface area contributed by atoms with E-state index in [1.54, 1.807) is 29.2 Å². The molecule has 1 saturated heterocycles. The van der Waals surface area contributed by atoms with E-state index in [0.29, 0.717) is 29.5 Å². The van der Waals surface area contributed by atoms with Crippen LogP contribution in [0.4, 0.5) is 16.2 Å². The number of rotatable bonds is 6. The molecular weight excluding hydrogens is 444 g/mol. The summed E-state index contributed by atoms with van der Waals surface area (Å²) in [4.78, 5) is 25.2. The smallest absolute Gasteiger partial charge is 0.323 e. The fraction of sp³-hybridized carbons (Fsp3) is 0.240. The van der Waals surface area contributed by atoms with Crippen LogP contribution in [-0.2, 0) is 0 Å². The molecule has 1 unspecified atom stereocenters. The highest BCUT2D eigenvalue weighted by Gasteiger charge is 2.24. The number of nitrogens with one attached hydrogen (secondary N) is 5. The van der Waals surface area contributed by atoms with Crippen LogP contribution in [0.2, 0.25) is 0 Å². The molecule has 3 aromatic rings. The van der Waals surface area contributed by atoms with Gasteiger partial charge in [-0.15, -0.1) is 0 Å². The Labute approximate surface area is 203 Å². The first-order chi connectivity index (χ1) is 17.0. The number of aromatic nitrogens is 2. The molecule has 1 fully saturated rings. The molecular formula is C25H28N8O2. The Balaban J connectivity index is 1.21. The Bertz CT molecular complexity index is 1260. The number of aryl methyl sites for hydroxylation is 1. The lowest BCUT2D eigenvalue weighted by molar-refractivity contribution is 0.0965. The molecule has 35 heavy (non-hydrogen) atoms. The molecule has 3 amide bonds. The molecule has 2 aliphatic heterocycles. The quantitative estimate of drug-likeness (QED) is 0.377. The maximum atomic E-state index is 12.9. The van der Waals surface area contributed by atoms with E-state index in [2.05, 4.69) is 36.8 Å². The average Bonchev–Trinajstić information content (AvgIpc) is 3.63. The minimum absolute atomic E-state index is 0.186. The molecule has 0 bridgehead atoms. The predicted octanol–water partition coefficient (Wildman–Crippen LogP) is 2.58. The van der Waals surface area contributed by atoms with Gasteiger partial charge in [0, 0.05) is 24.0 Å². The van der Waals surface area contributed by atoms with Gasteiger partial charge in [0.2, 0.25) is 0 Å². The predicted molar refractivity (Wildman–Crippen MR) is 134 cm³/mol. The van der Waals surface area contributed by atoms with Crippen LogP contribution >= 0.6 is 0 Å². The number of hydrogen-bond donors (Lipinski definition) is 5. The summed E-state index contributed by atoms with van der Waals surface area (Å²) in [6, 6.07) is 14.8. The Morgan fingerprint density at radius 2 is 1.97 bits per heavy atom. The van der Waals surface area contributed by atoms with Crippen molar-refractivity contribution < 1.29 is 9.59 Å². The largest absolute Gasteiger partial charge is 0.323 e. The highest BCUT2D eigenvalue weighted by atomic mass is 16.2. The lowest BCUT2D eigenvalue weighted by atomic mass is 10.2. The van der Waals surface area contributed by atoms with Gasteiger partial charge in [-0.05, 0) is 49.7 Å². The summed E-state index contributed by atoms with van der Waals surface area (Å²) in [5, 5.41) is 18.3. The fourth-order valence-electron chi connectivity index (χ4n) is 4.16. The van der Waals surface area contributed by atoms with E-state index < -0.39 is 0 Å². The standard InChI is InChI=1S/C25H28N8O2/c1-17-5-2-3-8-23(17)31-25(35)30-20-13-27-32(16-20)21-7-4-6-18(11-21)24(34)29-19-12-28-33(15-19)22-9-10-26-14-22/h2-8,11,13,15-16,22,26,28H,9-10,12,14H2,1H3,(H,29,34)(H2,30,31,35). The summed E-state index contributed by atoms with van der Waals surface area (Å²) in [7, 11) is 0. The number of carbonyl (C=O) groups excluding carboxylic acids is 2. The van der Waals surface area contributed by atoms with Gasteiger partial charge in [0.05, 0.1) is 42.1 Å². The molecule has 3 heterocycles. The molecule has 0 saturated carbocycles. The van der Waals surface area contributed by atoms with E-state index in [1.165, 1.54) is 0 Å². The number of urea groups is 1. The van der Waals surface area contributed by atoms with Crippen molar-refractivity contribution in [1.82, 2.24) is 30.8 Å². The van der Waals surface area contributed by atoms with Crippen molar-refractivity contribution in [3.05, 3.63) is 83.9 Å². The van der Waals surface area contributed by atoms with Gasteiger partial charge in [-0.3, -0.25) is 4.79 Å². The third-order valence-electron chi connectivity index (χ3n) is 6.06. The van der Waals surface area contributed by atoms with Gasteiger partial charge < -0.3 is 26.3 Å². The van der Waals surface area contributed by atoms with Gasteiger partial charge in [0.15, 0.2) is 0 Å². The molecule has 2 aliphatic rings. The topological polar surface area (TPSA) is 115 Å². The highest BCUT2D eigenvalue weighted by Crippen LogP contribution is 2.17. The van der Waals surface area contributed by atoms with E-state index in [0.717, 1.165) is 36.5 Å². The number of benzene rings is 2. The van der Waals surface area contributed by atoms with Crippen LogP contribution in [0.5, 0.6) is 0 Å². The Morgan fingerprint density at radius 3 is 2.80 bits per heavy atom. The van der Waals surface area contributed by atoms with Crippen molar-refractivity contribution in [1.29, 1.82) is 0 Å². The molecule has 5 rings (SSSR count). The summed E-state index contributed by atoms with van der Waals surface area (Å²) in [5.74, 6) is -0.186. The molecule has 10 heteroatoms. The van der Waals surface area contributed by atoms with Crippen molar-refractivity contribution in [2.45, 2.75) is 19.4 Å². The number of carbonyl (C=O) groups is 2. The lowest BCUT2D eigenvalue weighted by Gasteiger charge is -2.22. The molecule has 180 valence electrons. The van der Waals surface area contributed by atoms with Gasteiger partial charge in [-0.1, -0.05) is 24.3 Å². The van der Waals surface area contributed by atoms with E-state index in [9.17, 15) is 9.59 Å². The molecule has 0 aliphatic carbocycles. The number of hydrogen-bond acceptors (Lipinski definition) is 6. The van der Waals surface area contributed by atoms with Gasteiger partial charge >= 0.3 is 6.03 Å². The Kier molecular flexibility index (Phi) is 6.47. The second-order valence-corrected chi connectivity index (χ2v) is 8.62. The molecule has 10 nitrogen and oxygen atoms in total. The lowest BCUT2D eigenvalue weighted by Crippen LogP contribution is -2.39. The highest BCUT2D eigenvalue weighted by molar-refractivity contribution is 6.00. The van der Waals surface area contributed by atoms with Crippen LogP contribution in [0, 0.1) is 6.92 Å². The van der Waals surface area contributed by atoms with Crippen LogP contribution in [0.3, 0.4) is 0 Å². The van der Waals surface area contributed by atoms with Crippen LogP contribution < -0.4 is 26.7 Å². The Hall–Kier alpha value is -4.15. The molecule has 2 aromatic carbocycles. The summed E-state index contributed by atoms with van der Waals surface area (Å²) in [6.07, 6.45) is 6.30. The van der Waals surface area contributed by atoms with E-state index in [1.807, 2.05) is 49.5 Å². The van der Waals surface area contributed by atoms with Crippen molar-refractivity contribution in [2.75, 3.05) is 30.3 Å². The number of hydrazine groups is 1. The monoisotopic (exact) mass is 472 g/mol. The average molecular weight is 473 g/mol. The zero-order chi connectivity index (χ0) is 24.2. The third-order valence-corrected chi connectivity index (χ3v) is 6.06. The van der Waals surface area contributed by atoms with Crippen LogP contribution in [0.1, 0.15) is 22.3 Å². The second-order valence-electron chi connectivity index (χ2n) is 8.62. The van der Waals surface area contributed by atoms with Gasteiger partial charge in [0.25, 0.3) is 5.91 Å². The minimum atomic E-state index is -0.354. The van der Waals surface area contributed by atoms with Gasteiger partial charge in [0.1, 0.15) is 0 Å². The molecule has 1 aromatic heterocycles. The zero-order valence-corrected chi connectivity index (χ0v) is 19.4. The third kappa shape index (κ3) is 5.34. The van der Waals surface area contributed by atoms with Crippen molar-refractivity contribution in [2.24, 2.45) is 0 Å². The SMILES string of the molecule is Cc1ccccc1NC(=O)Nc1cnn(-c2cccc(C(=O)NC3=CN(C4CCNC4)NC3)c2)c1. The summed E-state index contributed by atoms with van der Waals surface area (Å²) in [5.41, 5.74) is 7.62. The second kappa shape index (κ2) is 10.00. The van der Waals surface area contributed by atoms with Crippen LogP contribution in [-0.4, -0.2) is 52.4 Å². The summed E-state index contributed by atoms with van der Waals surface area (Å²) in [6.45, 7) is 4.45. The van der Waals surface area contributed by atoms with Crippen molar-refractivity contribution in [3.8, 4) is 5.69 Å². The first-order valence-electron chi connectivity index (χ1n) is 11.6. The van der Waals surface area contributed by atoms with Gasteiger partial charge in [-0.2, -0.15) is 5.10 Å². The van der Waals surface area contributed by atoms with Gasteiger partial charge in [-0.25, -0.2) is 14.9 Å². The zero-order valence-electron chi connectivity index (χ0n) is 19.4. The van der Waals surface area contributed by atoms with Crippen molar-refractivity contribution in [3.63, 3.8) is 0 Å². The molecule has 0 radical (unpaired) electrons. The first kappa shape index (κ1) is 22.6. The Morgan fingerprint density at radius 1 is 1.09 bits per heavy atom. The summed E-state index contributed by atoms with van der Waals surface area (Å²) < 4.78 is 1.62. The molecule has 0 spiro atoms. The first-order valence-corrected chi connectivity index (χ1v) is 11.6. The van der Waals surface area contributed by atoms with Crippen molar-refractivity contribution >= 4 is 23.3 Å². The van der Waals surface area contributed by atoms with E-state index >= 15 is 0 Å². The molecule has 5 N–H and O–H groups in total. The fourth-order valence-corrected chi connectivity index (χ4v) is 4.16. The molecule has 1 atom stereocenters. The van der Waals surface area contributed by atoms with E-state index in [4.69, 9.17) is 0 Å². The number of para-hydroxylation sites is 1. The van der Waals surface area contributed by atoms with Crippen LogP contribution in [0.25, 0.3) is 5.69 Å². The van der Waals surface area contributed by atoms with Crippen LogP contribution in [0.15, 0.2) is 72.8 Å². The normalized spacial score (nSPS) is 17.2. The maximum Gasteiger partial charge on any atom is 0.323 e. The minimum Gasteiger partial charge on any atom is -0.323 e. The van der Waals surface area contributed by atoms with E-state index in [-0.39, 0.29) is 11.9 Å². The number of amides is 3. The maximum absolute atomic E-state index is 12.9. The number of nitrogens with zero attached hydrogens (tertiary/aromatic N) is 3. The number of anilines is 2.